The van der Waals surface area contributed by atoms with E-state index >= 15 is 0 Å². The van der Waals surface area contributed by atoms with Crippen molar-refractivity contribution >= 4 is 5.97 Å². The van der Waals surface area contributed by atoms with E-state index in [-0.39, 0.29) is 30.7 Å². The normalized spacial score (nSPS) is 21.7. The smallest absolute Gasteiger partial charge is 0.335 e. The molecule has 2 aromatic rings. The van der Waals surface area contributed by atoms with E-state index in [2.05, 4.69) is 0 Å². The van der Waals surface area contributed by atoms with Crippen LogP contribution in [0, 0.1) is 5.92 Å². The van der Waals surface area contributed by atoms with Gasteiger partial charge in [0.05, 0.1) is 5.56 Å². The topological polar surface area (TPSA) is 90.2 Å². The minimum Gasteiger partial charge on any atom is -0.491 e. The molecule has 0 saturated heterocycles. The third-order valence-electron chi connectivity index (χ3n) is 6.10. The summed E-state index contributed by atoms with van der Waals surface area (Å²) < 4.78 is 5.73. The van der Waals surface area contributed by atoms with Crippen molar-refractivity contribution in [2.24, 2.45) is 5.92 Å². The molecule has 0 aliphatic heterocycles. The fraction of sp³-hybridized carbons (Fsp3) is 0.370. The molecule has 2 aromatic carbocycles. The molecule has 4 atom stereocenters. The molecule has 0 aromatic heterocycles. The van der Waals surface area contributed by atoms with Gasteiger partial charge in [0.25, 0.3) is 0 Å². The van der Waals surface area contributed by atoms with E-state index in [9.17, 15) is 15.0 Å². The molecule has 0 fully saturated rings. The molecule has 1 aliphatic rings. The third-order valence-corrected chi connectivity index (χ3v) is 6.10. The van der Waals surface area contributed by atoms with Gasteiger partial charge in [-0.2, -0.15) is 0 Å². The first-order valence-electron chi connectivity index (χ1n) is 11.4. The lowest BCUT2D eigenvalue weighted by Crippen LogP contribution is -2.59. The molecule has 0 saturated carbocycles. The predicted octanol–water partition coefficient (Wildman–Crippen LogP) is 3.90. The second-order valence-electron chi connectivity index (χ2n) is 8.53. The molecular formula is C27H33NO5. The SMILES string of the molecule is CC[C@@H]1C=CC=CC1(O)N(C[C@H](O)COc1ccccc1)[C@H](C)Cc1ccc(C(=O)O)cc1. The van der Waals surface area contributed by atoms with Gasteiger partial charge in [0.2, 0.25) is 0 Å². The lowest BCUT2D eigenvalue weighted by atomic mass is 9.85. The molecule has 6 heteroatoms. The van der Waals surface area contributed by atoms with Crippen molar-refractivity contribution in [1.82, 2.24) is 4.90 Å². The van der Waals surface area contributed by atoms with Crippen LogP contribution >= 0.6 is 0 Å². The second-order valence-corrected chi connectivity index (χ2v) is 8.53. The standard InChI is InChI=1S/C27H33NO5/c1-3-23-9-7-8-16-27(23,32)28(18-24(29)19-33-25-10-5-4-6-11-25)20(2)17-21-12-14-22(15-13-21)26(30)31/h4-16,20,23-24,29,32H,3,17-19H2,1-2H3,(H,30,31)/t20-,23-,24+,27?/m1/s1. The highest BCUT2D eigenvalue weighted by Gasteiger charge is 2.42. The largest absolute Gasteiger partial charge is 0.491 e. The fourth-order valence-electron chi connectivity index (χ4n) is 4.31. The van der Waals surface area contributed by atoms with Crippen LogP contribution in [0.1, 0.15) is 36.2 Å². The molecule has 1 aliphatic carbocycles. The van der Waals surface area contributed by atoms with Crippen molar-refractivity contribution < 1.29 is 24.9 Å². The van der Waals surface area contributed by atoms with Crippen molar-refractivity contribution in [2.75, 3.05) is 13.2 Å². The van der Waals surface area contributed by atoms with Gasteiger partial charge >= 0.3 is 5.97 Å². The number of carbonyl (C=O) groups is 1. The highest BCUT2D eigenvalue weighted by molar-refractivity contribution is 5.87. The Hall–Kier alpha value is -2.93. The Morgan fingerprint density at radius 1 is 1.12 bits per heavy atom. The summed E-state index contributed by atoms with van der Waals surface area (Å²) in [4.78, 5) is 13.1. The van der Waals surface area contributed by atoms with E-state index < -0.39 is 17.8 Å². The average molecular weight is 452 g/mol. The van der Waals surface area contributed by atoms with Gasteiger partial charge in [-0.05, 0) is 55.7 Å². The highest BCUT2D eigenvalue weighted by atomic mass is 16.5. The summed E-state index contributed by atoms with van der Waals surface area (Å²) in [6, 6.07) is 16.0. The maximum Gasteiger partial charge on any atom is 0.335 e. The van der Waals surface area contributed by atoms with Gasteiger partial charge in [0, 0.05) is 18.5 Å². The molecule has 176 valence electrons. The van der Waals surface area contributed by atoms with E-state index in [1.165, 1.54) is 0 Å². The number of aliphatic hydroxyl groups excluding tert-OH is 1. The van der Waals surface area contributed by atoms with Crippen LogP contribution in [0.25, 0.3) is 0 Å². The van der Waals surface area contributed by atoms with E-state index in [1.54, 1.807) is 30.3 Å². The number of ether oxygens (including phenoxy) is 1. The number of carboxylic acid groups (broad SMARTS) is 1. The van der Waals surface area contributed by atoms with Gasteiger partial charge in [-0.15, -0.1) is 0 Å². The van der Waals surface area contributed by atoms with Gasteiger partial charge in [-0.3, -0.25) is 4.90 Å². The van der Waals surface area contributed by atoms with Gasteiger partial charge in [-0.1, -0.05) is 55.5 Å². The molecule has 6 nitrogen and oxygen atoms in total. The molecule has 0 radical (unpaired) electrons. The maximum absolute atomic E-state index is 11.7. The number of benzene rings is 2. The summed E-state index contributed by atoms with van der Waals surface area (Å²) >= 11 is 0. The summed E-state index contributed by atoms with van der Waals surface area (Å²) in [6.07, 6.45) is 8.06. The van der Waals surface area contributed by atoms with Crippen molar-refractivity contribution in [1.29, 1.82) is 0 Å². The molecule has 3 rings (SSSR count). The van der Waals surface area contributed by atoms with E-state index in [0.29, 0.717) is 12.2 Å². The quantitative estimate of drug-likeness (QED) is 0.449. The summed E-state index contributed by atoms with van der Waals surface area (Å²) in [7, 11) is 0. The maximum atomic E-state index is 11.7. The number of carboxylic acids is 1. The minimum absolute atomic E-state index is 0.104. The first kappa shape index (κ1) is 24.7. The van der Waals surface area contributed by atoms with Crippen LogP contribution in [-0.2, 0) is 6.42 Å². The highest BCUT2D eigenvalue weighted by Crippen LogP contribution is 2.33. The van der Waals surface area contributed by atoms with Crippen LogP contribution in [-0.4, -0.2) is 57.2 Å². The zero-order valence-corrected chi connectivity index (χ0v) is 19.2. The lowest BCUT2D eigenvalue weighted by Gasteiger charge is -2.47. The average Bonchev–Trinajstić information content (AvgIpc) is 2.82. The first-order valence-corrected chi connectivity index (χ1v) is 11.4. The number of hydrogen-bond acceptors (Lipinski definition) is 5. The Balaban J connectivity index is 1.77. The van der Waals surface area contributed by atoms with Crippen molar-refractivity contribution in [3.05, 3.63) is 90.0 Å². The van der Waals surface area contributed by atoms with Gasteiger partial charge in [0.1, 0.15) is 24.2 Å². The number of aromatic carboxylic acids is 1. The molecular weight excluding hydrogens is 418 g/mol. The zero-order valence-electron chi connectivity index (χ0n) is 19.2. The van der Waals surface area contributed by atoms with E-state index in [1.807, 2.05) is 67.3 Å². The number of allylic oxidation sites excluding steroid dienone is 2. The molecule has 0 heterocycles. The lowest BCUT2D eigenvalue weighted by molar-refractivity contribution is -0.132. The van der Waals surface area contributed by atoms with Gasteiger partial charge < -0.3 is 20.1 Å². The molecule has 3 N–H and O–H groups in total. The van der Waals surface area contributed by atoms with E-state index in [4.69, 9.17) is 9.84 Å². The monoisotopic (exact) mass is 451 g/mol. The first-order chi connectivity index (χ1) is 15.8. The van der Waals surface area contributed by atoms with Crippen LogP contribution in [0.2, 0.25) is 0 Å². The number of para-hydroxylation sites is 1. The number of rotatable bonds is 11. The molecule has 0 spiro atoms. The Bertz CT molecular complexity index is 956. The summed E-state index contributed by atoms with van der Waals surface area (Å²) in [5.74, 6) is -0.404. The minimum atomic E-state index is -1.25. The van der Waals surface area contributed by atoms with Crippen LogP contribution in [0.4, 0.5) is 0 Å². The number of nitrogens with zero attached hydrogens (tertiary/aromatic N) is 1. The summed E-state index contributed by atoms with van der Waals surface area (Å²) in [6.45, 7) is 4.35. The van der Waals surface area contributed by atoms with Crippen molar-refractivity contribution in [3.63, 3.8) is 0 Å². The van der Waals surface area contributed by atoms with Crippen molar-refractivity contribution in [3.8, 4) is 5.75 Å². The van der Waals surface area contributed by atoms with Crippen LogP contribution in [0.3, 0.4) is 0 Å². The Labute approximate surface area is 195 Å². The van der Waals surface area contributed by atoms with Crippen LogP contribution in [0.15, 0.2) is 78.9 Å². The second kappa shape index (κ2) is 11.3. The summed E-state index contributed by atoms with van der Waals surface area (Å²) in [5, 5.41) is 31.7. The Kier molecular flexibility index (Phi) is 8.44. The molecule has 1 unspecified atom stereocenters. The van der Waals surface area contributed by atoms with Crippen LogP contribution in [0.5, 0.6) is 5.75 Å². The zero-order chi connectivity index (χ0) is 23.8. The third kappa shape index (κ3) is 6.32. The molecule has 33 heavy (non-hydrogen) atoms. The predicted molar refractivity (Wildman–Crippen MR) is 128 cm³/mol. The van der Waals surface area contributed by atoms with Crippen LogP contribution < -0.4 is 4.74 Å². The number of aliphatic hydroxyl groups is 2. The summed E-state index contributed by atoms with van der Waals surface area (Å²) in [5.41, 5.74) is -0.0567. The Morgan fingerprint density at radius 3 is 2.45 bits per heavy atom. The Morgan fingerprint density at radius 2 is 1.82 bits per heavy atom. The molecule has 0 amide bonds. The molecule has 0 bridgehead atoms. The van der Waals surface area contributed by atoms with Gasteiger partial charge in [0.15, 0.2) is 0 Å². The van der Waals surface area contributed by atoms with Crippen molar-refractivity contribution in [2.45, 2.75) is 44.6 Å². The van der Waals surface area contributed by atoms with Gasteiger partial charge in [-0.25, -0.2) is 4.79 Å². The number of hydrogen-bond donors (Lipinski definition) is 3. The fourth-order valence-corrected chi connectivity index (χ4v) is 4.31. The van der Waals surface area contributed by atoms with E-state index in [0.717, 1.165) is 12.0 Å².